The summed E-state index contributed by atoms with van der Waals surface area (Å²) < 4.78 is 0. The van der Waals surface area contributed by atoms with E-state index in [2.05, 4.69) is 42.2 Å². The Morgan fingerprint density at radius 2 is 1.81 bits per heavy atom. The second-order valence-corrected chi connectivity index (χ2v) is 7.22. The van der Waals surface area contributed by atoms with Crippen molar-refractivity contribution in [3.8, 4) is 0 Å². The zero-order chi connectivity index (χ0) is 18.8. The highest BCUT2D eigenvalue weighted by Gasteiger charge is 2.27. The quantitative estimate of drug-likeness (QED) is 0.914. The molecule has 2 heterocycles. The van der Waals surface area contributed by atoms with Gasteiger partial charge in [0.2, 0.25) is 11.8 Å². The molecule has 0 saturated carbocycles. The molecule has 1 aliphatic heterocycles. The van der Waals surface area contributed by atoms with Gasteiger partial charge in [-0.2, -0.15) is 5.10 Å². The minimum absolute atomic E-state index is 0.00407. The number of aryl methyl sites for hydroxylation is 4. The normalized spacial score (nSPS) is 14.8. The number of piperazine rings is 1. The highest BCUT2D eigenvalue weighted by atomic mass is 16.2. The molecule has 0 atom stereocenters. The molecule has 1 aromatic carbocycles. The molecule has 1 aliphatic rings. The molecule has 6 heteroatoms. The van der Waals surface area contributed by atoms with Gasteiger partial charge in [0, 0.05) is 30.9 Å². The summed E-state index contributed by atoms with van der Waals surface area (Å²) in [6.45, 7) is 9.83. The van der Waals surface area contributed by atoms with Crippen molar-refractivity contribution >= 4 is 11.8 Å². The third-order valence-electron chi connectivity index (χ3n) is 4.93. The highest BCUT2D eigenvalue weighted by Crippen LogP contribution is 2.16. The molecule has 0 radical (unpaired) electrons. The summed E-state index contributed by atoms with van der Waals surface area (Å²) in [4.78, 5) is 28.6. The van der Waals surface area contributed by atoms with E-state index in [4.69, 9.17) is 0 Å². The lowest BCUT2D eigenvalue weighted by Gasteiger charge is -2.34. The third kappa shape index (κ3) is 3.95. The number of nitrogens with zero attached hydrogens (tertiary/aromatic N) is 3. The number of hydrogen-bond acceptors (Lipinski definition) is 3. The summed E-state index contributed by atoms with van der Waals surface area (Å²) >= 11 is 0. The average Bonchev–Trinajstić information content (AvgIpc) is 2.87. The first-order valence-corrected chi connectivity index (χ1v) is 8.96. The molecule has 26 heavy (non-hydrogen) atoms. The van der Waals surface area contributed by atoms with E-state index in [0.717, 1.165) is 22.5 Å². The van der Waals surface area contributed by atoms with E-state index in [-0.39, 0.29) is 18.4 Å². The monoisotopic (exact) mass is 354 g/mol. The molecule has 1 N–H and O–H groups in total. The van der Waals surface area contributed by atoms with Gasteiger partial charge in [-0.1, -0.05) is 29.3 Å². The van der Waals surface area contributed by atoms with Crippen LogP contribution in [0.15, 0.2) is 18.2 Å². The van der Waals surface area contributed by atoms with Crippen molar-refractivity contribution in [3.63, 3.8) is 0 Å². The number of carbonyl (C=O) groups excluding carboxylic acids is 2. The lowest BCUT2D eigenvalue weighted by atomic mass is 10.1. The minimum Gasteiger partial charge on any atom is -0.335 e. The zero-order valence-electron chi connectivity index (χ0n) is 15.9. The van der Waals surface area contributed by atoms with Gasteiger partial charge >= 0.3 is 0 Å². The molecule has 1 fully saturated rings. The number of aromatic nitrogens is 2. The van der Waals surface area contributed by atoms with E-state index in [9.17, 15) is 9.59 Å². The Morgan fingerprint density at radius 1 is 1.12 bits per heavy atom. The van der Waals surface area contributed by atoms with E-state index >= 15 is 0 Å². The van der Waals surface area contributed by atoms with Crippen LogP contribution in [0.3, 0.4) is 0 Å². The molecular formula is C20H26N4O2. The molecule has 2 amide bonds. The van der Waals surface area contributed by atoms with E-state index in [0.29, 0.717) is 26.1 Å². The molecule has 6 nitrogen and oxygen atoms in total. The second kappa shape index (κ2) is 7.32. The van der Waals surface area contributed by atoms with E-state index < -0.39 is 0 Å². The van der Waals surface area contributed by atoms with Crippen molar-refractivity contribution < 1.29 is 9.59 Å². The van der Waals surface area contributed by atoms with Gasteiger partial charge in [0.05, 0.1) is 18.7 Å². The van der Waals surface area contributed by atoms with Gasteiger partial charge in [-0.15, -0.1) is 0 Å². The standard InChI is InChI=1S/C20H26N4O2/c1-13-7-14(2)9-17(8-13)11-23-5-6-24(12-20(23)26)19(25)10-18-15(3)21-22-16(18)4/h7-9H,5-6,10-12H2,1-4H3,(H,21,22). The van der Waals surface area contributed by atoms with Crippen LogP contribution in [0.25, 0.3) is 0 Å². The van der Waals surface area contributed by atoms with Crippen molar-refractivity contribution in [1.29, 1.82) is 0 Å². The van der Waals surface area contributed by atoms with Crippen molar-refractivity contribution in [2.75, 3.05) is 19.6 Å². The number of rotatable bonds is 4. The predicted molar refractivity (Wildman–Crippen MR) is 99.7 cm³/mol. The Morgan fingerprint density at radius 3 is 2.38 bits per heavy atom. The number of amides is 2. The van der Waals surface area contributed by atoms with E-state index in [1.807, 2.05) is 18.7 Å². The fraction of sp³-hybridized carbons (Fsp3) is 0.450. The number of benzene rings is 1. The van der Waals surface area contributed by atoms with E-state index in [1.165, 1.54) is 11.1 Å². The molecule has 0 unspecified atom stereocenters. The van der Waals surface area contributed by atoms with Gasteiger partial charge in [-0.25, -0.2) is 0 Å². The number of carbonyl (C=O) groups is 2. The van der Waals surface area contributed by atoms with Gasteiger partial charge in [0.25, 0.3) is 0 Å². The van der Waals surface area contributed by atoms with Gasteiger partial charge in [-0.05, 0) is 33.3 Å². The van der Waals surface area contributed by atoms with Crippen molar-refractivity contribution in [2.24, 2.45) is 0 Å². The summed E-state index contributed by atoms with van der Waals surface area (Å²) in [6, 6.07) is 6.35. The zero-order valence-corrected chi connectivity index (χ0v) is 15.9. The molecular weight excluding hydrogens is 328 g/mol. The fourth-order valence-electron chi connectivity index (χ4n) is 3.57. The van der Waals surface area contributed by atoms with Crippen LogP contribution in [0.2, 0.25) is 0 Å². The van der Waals surface area contributed by atoms with Crippen LogP contribution in [-0.4, -0.2) is 51.4 Å². The maximum atomic E-state index is 12.6. The fourth-order valence-corrected chi connectivity index (χ4v) is 3.57. The first kappa shape index (κ1) is 18.2. The SMILES string of the molecule is Cc1cc(C)cc(CN2CCN(C(=O)Cc3c(C)n[nH]c3C)CC2=O)c1. The predicted octanol–water partition coefficient (Wildman–Crippen LogP) is 2.06. The van der Waals surface area contributed by atoms with Crippen LogP contribution in [0, 0.1) is 27.7 Å². The first-order valence-electron chi connectivity index (χ1n) is 8.96. The third-order valence-corrected chi connectivity index (χ3v) is 4.93. The Kier molecular flexibility index (Phi) is 5.11. The van der Waals surface area contributed by atoms with Crippen molar-refractivity contribution in [1.82, 2.24) is 20.0 Å². The van der Waals surface area contributed by atoms with Gasteiger partial charge in [-0.3, -0.25) is 14.7 Å². The lowest BCUT2D eigenvalue weighted by molar-refractivity contribution is -0.145. The van der Waals surface area contributed by atoms with Crippen LogP contribution >= 0.6 is 0 Å². The molecule has 138 valence electrons. The number of aromatic amines is 1. The van der Waals surface area contributed by atoms with E-state index in [1.54, 1.807) is 4.90 Å². The number of hydrogen-bond donors (Lipinski definition) is 1. The largest absolute Gasteiger partial charge is 0.335 e. The van der Waals surface area contributed by atoms with Gasteiger partial charge < -0.3 is 9.80 Å². The molecule has 0 spiro atoms. The van der Waals surface area contributed by atoms with Crippen molar-refractivity contribution in [3.05, 3.63) is 51.8 Å². The molecule has 0 aliphatic carbocycles. The van der Waals surface area contributed by atoms with Crippen LogP contribution in [-0.2, 0) is 22.6 Å². The summed E-state index contributed by atoms with van der Waals surface area (Å²) in [5.41, 5.74) is 6.23. The summed E-state index contributed by atoms with van der Waals surface area (Å²) in [5, 5.41) is 7.03. The van der Waals surface area contributed by atoms with Gasteiger partial charge in [0.1, 0.15) is 0 Å². The average molecular weight is 354 g/mol. The Balaban J connectivity index is 1.61. The van der Waals surface area contributed by atoms with Crippen LogP contribution < -0.4 is 0 Å². The molecule has 2 aromatic rings. The maximum absolute atomic E-state index is 12.6. The molecule has 1 saturated heterocycles. The highest BCUT2D eigenvalue weighted by molar-refractivity contribution is 5.87. The molecule has 3 rings (SSSR count). The molecule has 0 bridgehead atoms. The Hall–Kier alpha value is -2.63. The minimum atomic E-state index is -0.0167. The number of H-pyrrole nitrogens is 1. The van der Waals surface area contributed by atoms with Crippen LogP contribution in [0.5, 0.6) is 0 Å². The maximum Gasteiger partial charge on any atom is 0.242 e. The Bertz CT molecular complexity index is 801. The smallest absolute Gasteiger partial charge is 0.242 e. The van der Waals surface area contributed by atoms with Gasteiger partial charge in [0.15, 0.2) is 0 Å². The van der Waals surface area contributed by atoms with Crippen molar-refractivity contribution in [2.45, 2.75) is 40.7 Å². The second-order valence-electron chi connectivity index (χ2n) is 7.22. The summed E-state index contributed by atoms with van der Waals surface area (Å²) in [7, 11) is 0. The first-order chi connectivity index (χ1) is 12.3. The molecule has 1 aromatic heterocycles. The topological polar surface area (TPSA) is 69.3 Å². The summed E-state index contributed by atoms with van der Waals surface area (Å²) in [6.07, 6.45) is 0.290. The Labute approximate surface area is 154 Å². The van der Waals surface area contributed by atoms with Crippen LogP contribution in [0.1, 0.15) is 33.6 Å². The number of nitrogens with one attached hydrogen (secondary N) is 1. The summed E-state index contributed by atoms with van der Waals surface area (Å²) in [5.74, 6) is -0.0126. The van der Waals surface area contributed by atoms with Crippen LogP contribution in [0.4, 0.5) is 0 Å². The lowest BCUT2D eigenvalue weighted by Crippen LogP contribution is -2.52.